The SMILES string of the molecule is CC1=[N+](c2c(C)c3ccccc3n2C)c2nc3ccccc3n2C1(C)C. The lowest BCUT2D eigenvalue weighted by Gasteiger charge is -2.18. The highest BCUT2D eigenvalue weighted by molar-refractivity contribution is 6.01. The van der Waals surface area contributed by atoms with E-state index >= 15 is 0 Å². The molecule has 4 heteroatoms. The fraction of sp³-hybridized carbons (Fsp3) is 0.273. The maximum absolute atomic E-state index is 5.00. The number of nitrogens with zero attached hydrogens (tertiary/aromatic N) is 4. The van der Waals surface area contributed by atoms with Crippen LogP contribution in [0.3, 0.4) is 0 Å². The Balaban J connectivity index is 1.91. The van der Waals surface area contributed by atoms with Gasteiger partial charge < -0.3 is 0 Å². The highest BCUT2D eigenvalue weighted by Gasteiger charge is 2.45. The molecule has 4 aromatic rings. The van der Waals surface area contributed by atoms with Crippen molar-refractivity contribution in [1.82, 2.24) is 18.7 Å². The second kappa shape index (κ2) is 4.85. The minimum Gasteiger partial charge on any atom is -0.278 e. The van der Waals surface area contributed by atoms with Crippen LogP contribution < -0.4 is 4.58 Å². The molecular formula is C22H23N4+. The number of fused-ring (bicyclic) bond motifs is 4. The molecule has 5 rings (SSSR count). The van der Waals surface area contributed by atoms with E-state index in [1.54, 1.807) is 0 Å². The van der Waals surface area contributed by atoms with Gasteiger partial charge in [0.2, 0.25) is 5.82 Å². The quantitative estimate of drug-likeness (QED) is 0.452. The van der Waals surface area contributed by atoms with Crippen molar-refractivity contribution in [2.24, 2.45) is 7.05 Å². The summed E-state index contributed by atoms with van der Waals surface area (Å²) in [6.07, 6.45) is 0. The first-order valence-corrected chi connectivity index (χ1v) is 9.09. The molecule has 1 aliphatic rings. The van der Waals surface area contributed by atoms with E-state index in [0.717, 1.165) is 11.5 Å². The van der Waals surface area contributed by atoms with E-state index < -0.39 is 0 Å². The Bertz CT molecular complexity index is 1190. The summed E-state index contributed by atoms with van der Waals surface area (Å²) in [4.78, 5) is 5.00. The second-order valence-electron chi connectivity index (χ2n) is 7.74. The van der Waals surface area contributed by atoms with Crippen molar-refractivity contribution in [3.05, 3.63) is 54.1 Å². The third kappa shape index (κ3) is 1.69. The van der Waals surface area contributed by atoms with Gasteiger partial charge in [0, 0.05) is 18.0 Å². The molecule has 0 N–H and O–H groups in total. The Labute approximate surface area is 153 Å². The molecule has 130 valence electrons. The summed E-state index contributed by atoms with van der Waals surface area (Å²) in [5.74, 6) is 2.20. The smallest absolute Gasteiger partial charge is 0.278 e. The van der Waals surface area contributed by atoms with E-state index in [2.05, 4.69) is 97.0 Å². The van der Waals surface area contributed by atoms with Gasteiger partial charge in [0.25, 0.3) is 0 Å². The zero-order chi connectivity index (χ0) is 18.2. The standard InChI is InChI=1S/C22H23N4/c1-14-16-10-6-8-12-18(16)24(5)20(14)25-15(2)22(3,4)26-19-13-9-7-11-17(19)23-21(25)26/h6-13H,1-5H3/q+1. The number of aromatic nitrogens is 3. The summed E-state index contributed by atoms with van der Waals surface area (Å²) in [7, 11) is 2.15. The highest BCUT2D eigenvalue weighted by Crippen LogP contribution is 2.41. The van der Waals surface area contributed by atoms with Crippen molar-refractivity contribution in [3.8, 4) is 0 Å². The van der Waals surface area contributed by atoms with Crippen LogP contribution in [-0.2, 0) is 12.6 Å². The van der Waals surface area contributed by atoms with E-state index in [9.17, 15) is 0 Å². The molecule has 2 aromatic carbocycles. The lowest BCUT2D eigenvalue weighted by atomic mass is 9.99. The van der Waals surface area contributed by atoms with Crippen molar-refractivity contribution >= 4 is 39.4 Å². The third-order valence-corrected chi connectivity index (χ3v) is 6.06. The summed E-state index contributed by atoms with van der Waals surface area (Å²) in [5.41, 5.74) is 5.93. The van der Waals surface area contributed by atoms with Gasteiger partial charge in [-0.15, -0.1) is 4.98 Å². The van der Waals surface area contributed by atoms with Crippen LogP contribution in [0.1, 0.15) is 26.3 Å². The topological polar surface area (TPSA) is 25.8 Å². The molecule has 0 fully saturated rings. The fourth-order valence-electron chi connectivity index (χ4n) is 4.44. The molecule has 0 radical (unpaired) electrons. The molecule has 0 aliphatic carbocycles. The molecule has 0 unspecified atom stereocenters. The lowest BCUT2D eigenvalue weighted by Crippen LogP contribution is -2.31. The Morgan fingerprint density at radius 1 is 0.923 bits per heavy atom. The summed E-state index contributed by atoms with van der Waals surface area (Å²) in [6, 6.07) is 17.0. The Hall–Kier alpha value is -2.88. The molecule has 1 aliphatic heterocycles. The van der Waals surface area contributed by atoms with Gasteiger partial charge in [-0.1, -0.05) is 30.3 Å². The summed E-state index contributed by atoms with van der Waals surface area (Å²) in [5, 5.41) is 1.30. The molecule has 0 bridgehead atoms. The van der Waals surface area contributed by atoms with Gasteiger partial charge >= 0.3 is 5.95 Å². The average Bonchev–Trinajstić information content (AvgIpc) is 3.19. The van der Waals surface area contributed by atoms with E-state index in [-0.39, 0.29) is 5.54 Å². The molecule has 2 aromatic heterocycles. The Morgan fingerprint density at radius 2 is 1.58 bits per heavy atom. The van der Waals surface area contributed by atoms with Gasteiger partial charge in [0.1, 0.15) is 11.1 Å². The van der Waals surface area contributed by atoms with Crippen LogP contribution in [-0.4, -0.2) is 19.8 Å². The maximum atomic E-state index is 5.00. The molecule has 0 saturated carbocycles. The maximum Gasteiger partial charge on any atom is 0.360 e. The summed E-state index contributed by atoms with van der Waals surface area (Å²) in [6.45, 7) is 8.99. The first-order valence-electron chi connectivity index (χ1n) is 9.09. The van der Waals surface area contributed by atoms with Gasteiger partial charge in [0.15, 0.2) is 5.52 Å². The van der Waals surface area contributed by atoms with Crippen LogP contribution in [0.25, 0.3) is 21.9 Å². The van der Waals surface area contributed by atoms with E-state index in [4.69, 9.17) is 4.98 Å². The fourth-order valence-corrected chi connectivity index (χ4v) is 4.44. The zero-order valence-corrected chi connectivity index (χ0v) is 15.9. The van der Waals surface area contributed by atoms with E-state index in [0.29, 0.717) is 0 Å². The van der Waals surface area contributed by atoms with Gasteiger partial charge in [-0.25, -0.2) is 4.57 Å². The largest absolute Gasteiger partial charge is 0.360 e. The van der Waals surface area contributed by atoms with Crippen molar-refractivity contribution in [2.75, 3.05) is 0 Å². The van der Waals surface area contributed by atoms with Crippen LogP contribution in [0.5, 0.6) is 0 Å². The summed E-state index contributed by atoms with van der Waals surface area (Å²) < 4.78 is 7.00. The number of rotatable bonds is 1. The van der Waals surface area contributed by atoms with Crippen LogP contribution in [0.4, 0.5) is 11.8 Å². The van der Waals surface area contributed by atoms with Crippen molar-refractivity contribution in [2.45, 2.75) is 33.2 Å². The van der Waals surface area contributed by atoms with E-state index in [1.165, 1.54) is 33.5 Å². The summed E-state index contributed by atoms with van der Waals surface area (Å²) >= 11 is 0. The Kier molecular flexibility index (Phi) is 2.87. The lowest BCUT2D eigenvalue weighted by molar-refractivity contribution is 0.528. The number of benzene rings is 2. The molecule has 0 amide bonds. The number of hydrogen-bond acceptors (Lipinski definition) is 1. The molecule has 0 saturated heterocycles. The van der Waals surface area contributed by atoms with Crippen molar-refractivity contribution < 1.29 is 0 Å². The van der Waals surface area contributed by atoms with Crippen LogP contribution in [0.2, 0.25) is 0 Å². The molecule has 0 atom stereocenters. The molecule has 3 heterocycles. The predicted octanol–water partition coefficient (Wildman–Crippen LogP) is 4.88. The molecule has 0 spiro atoms. The molecule has 26 heavy (non-hydrogen) atoms. The van der Waals surface area contributed by atoms with Gasteiger partial charge in [-0.05, 0) is 45.9 Å². The van der Waals surface area contributed by atoms with Gasteiger partial charge in [-0.2, -0.15) is 4.58 Å². The average molecular weight is 343 g/mol. The van der Waals surface area contributed by atoms with E-state index in [1.807, 2.05) is 0 Å². The number of para-hydroxylation sites is 3. The number of aryl methyl sites for hydroxylation is 2. The van der Waals surface area contributed by atoms with Crippen molar-refractivity contribution in [3.63, 3.8) is 0 Å². The number of hydrogen-bond donors (Lipinski definition) is 0. The van der Waals surface area contributed by atoms with Crippen LogP contribution in [0.15, 0.2) is 48.5 Å². The first kappa shape index (κ1) is 15.4. The molecular weight excluding hydrogens is 320 g/mol. The molecule has 4 nitrogen and oxygen atoms in total. The normalized spacial score (nSPS) is 16.0. The number of imidazole rings is 1. The second-order valence-corrected chi connectivity index (χ2v) is 7.74. The van der Waals surface area contributed by atoms with Gasteiger partial charge in [0.05, 0.1) is 11.2 Å². The van der Waals surface area contributed by atoms with Crippen molar-refractivity contribution in [1.29, 1.82) is 0 Å². The third-order valence-electron chi connectivity index (χ3n) is 6.06. The van der Waals surface area contributed by atoms with Gasteiger partial charge in [-0.3, -0.25) is 4.57 Å². The highest BCUT2D eigenvalue weighted by atomic mass is 15.4. The first-order chi connectivity index (χ1) is 12.4. The monoisotopic (exact) mass is 343 g/mol. The predicted molar refractivity (Wildman–Crippen MR) is 109 cm³/mol. The minimum absolute atomic E-state index is 0.131. The minimum atomic E-state index is -0.131. The Morgan fingerprint density at radius 3 is 2.31 bits per heavy atom. The van der Waals surface area contributed by atoms with Crippen LogP contribution >= 0.6 is 0 Å². The van der Waals surface area contributed by atoms with Crippen LogP contribution in [0, 0.1) is 6.92 Å². The zero-order valence-electron chi connectivity index (χ0n) is 15.9.